The van der Waals surface area contributed by atoms with Crippen LogP contribution in [0.4, 0.5) is 8.78 Å². The van der Waals surface area contributed by atoms with Gasteiger partial charge in [0.15, 0.2) is 0 Å². The zero-order valence-electron chi connectivity index (χ0n) is 11.2. The quantitative estimate of drug-likeness (QED) is 0.823. The molecule has 1 N–H and O–H groups in total. The van der Waals surface area contributed by atoms with E-state index < -0.39 is 11.6 Å². The Morgan fingerprint density at radius 3 is 2.65 bits per heavy atom. The first kappa shape index (κ1) is 15.1. The van der Waals surface area contributed by atoms with E-state index in [4.69, 9.17) is 0 Å². The fraction of sp³-hybridized carbons (Fsp3) is 0.250. The van der Waals surface area contributed by atoms with Crippen molar-refractivity contribution >= 4 is 15.9 Å². The van der Waals surface area contributed by atoms with Crippen molar-refractivity contribution in [1.82, 2.24) is 5.32 Å². The Labute approximate surface area is 126 Å². The second kappa shape index (κ2) is 6.95. The van der Waals surface area contributed by atoms with Gasteiger partial charge in [-0.1, -0.05) is 35.0 Å². The van der Waals surface area contributed by atoms with Gasteiger partial charge in [-0.2, -0.15) is 0 Å². The molecule has 106 valence electrons. The molecule has 0 fully saturated rings. The van der Waals surface area contributed by atoms with Crippen LogP contribution in [0.2, 0.25) is 0 Å². The van der Waals surface area contributed by atoms with Crippen molar-refractivity contribution in [3.63, 3.8) is 0 Å². The van der Waals surface area contributed by atoms with Gasteiger partial charge in [-0.15, -0.1) is 0 Å². The van der Waals surface area contributed by atoms with Gasteiger partial charge in [-0.05, 0) is 48.9 Å². The Balaban J connectivity index is 2.44. The summed E-state index contributed by atoms with van der Waals surface area (Å²) in [6, 6.07) is 10.8. The average Bonchev–Trinajstić information content (AvgIpc) is 2.43. The summed E-state index contributed by atoms with van der Waals surface area (Å²) in [5.74, 6) is -0.834. The van der Waals surface area contributed by atoms with E-state index in [1.54, 1.807) is 0 Å². The molecule has 0 aliphatic heterocycles. The molecular weight excluding hydrogens is 324 g/mol. The summed E-state index contributed by atoms with van der Waals surface area (Å²) in [4.78, 5) is 0. The average molecular weight is 340 g/mol. The molecule has 0 aromatic heterocycles. The van der Waals surface area contributed by atoms with Crippen molar-refractivity contribution < 1.29 is 8.78 Å². The van der Waals surface area contributed by atoms with Gasteiger partial charge in [0.2, 0.25) is 0 Å². The maximum absolute atomic E-state index is 14.0. The maximum atomic E-state index is 14.0. The molecule has 0 radical (unpaired) electrons. The van der Waals surface area contributed by atoms with Gasteiger partial charge in [-0.3, -0.25) is 0 Å². The lowest BCUT2D eigenvalue weighted by molar-refractivity contribution is 0.535. The monoisotopic (exact) mass is 339 g/mol. The molecule has 0 heterocycles. The van der Waals surface area contributed by atoms with Gasteiger partial charge >= 0.3 is 0 Å². The van der Waals surface area contributed by atoms with Crippen LogP contribution in [-0.4, -0.2) is 6.54 Å². The van der Waals surface area contributed by atoms with Crippen LogP contribution >= 0.6 is 15.9 Å². The highest BCUT2D eigenvalue weighted by Gasteiger charge is 2.18. The lowest BCUT2D eigenvalue weighted by Crippen LogP contribution is -2.24. The summed E-state index contributed by atoms with van der Waals surface area (Å²) >= 11 is 3.41. The first-order valence-electron chi connectivity index (χ1n) is 6.55. The molecule has 1 nitrogen and oxygen atoms in total. The van der Waals surface area contributed by atoms with Crippen molar-refractivity contribution in [3.05, 3.63) is 69.7 Å². The molecule has 2 aromatic carbocycles. The summed E-state index contributed by atoms with van der Waals surface area (Å²) < 4.78 is 28.3. The lowest BCUT2D eigenvalue weighted by Gasteiger charge is -2.20. The molecule has 0 spiro atoms. The third-order valence-electron chi connectivity index (χ3n) is 3.05. The molecule has 0 bridgehead atoms. The summed E-state index contributed by atoms with van der Waals surface area (Å²) in [6.45, 7) is 2.76. The highest BCUT2D eigenvalue weighted by atomic mass is 79.9. The Hall–Kier alpha value is -1.26. The molecule has 2 aromatic rings. The summed E-state index contributed by atoms with van der Waals surface area (Å²) in [7, 11) is 0. The van der Waals surface area contributed by atoms with Gasteiger partial charge in [0.05, 0.1) is 6.04 Å². The number of benzene rings is 2. The predicted octanol–water partition coefficient (Wildman–Crippen LogP) is 4.82. The molecule has 20 heavy (non-hydrogen) atoms. The van der Waals surface area contributed by atoms with Crippen molar-refractivity contribution in [3.8, 4) is 0 Å². The van der Waals surface area contributed by atoms with E-state index in [1.165, 1.54) is 12.1 Å². The summed E-state index contributed by atoms with van der Waals surface area (Å²) in [6.07, 6.45) is 0.918. The van der Waals surface area contributed by atoms with E-state index in [0.29, 0.717) is 5.56 Å². The molecule has 1 atom stereocenters. The minimum atomic E-state index is -0.431. The zero-order chi connectivity index (χ0) is 14.5. The van der Waals surface area contributed by atoms with E-state index in [1.807, 2.05) is 31.2 Å². The Morgan fingerprint density at radius 2 is 1.95 bits per heavy atom. The van der Waals surface area contributed by atoms with Crippen LogP contribution in [0, 0.1) is 11.6 Å². The number of halogens is 3. The molecule has 0 amide bonds. The molecule has 0 aliphatic carbocycles. The smallest absolute Gasteiger partial charge is 0.128 e. The van der Waals surface area contributed by atoms with Gasteiger partial charge in [0.1, 0.15) is 11.6 Å². The molecule has 4 heteroatoms. The third kappa shape index (κ3) is 3.64. The van der Waals surface area contributed by atoms with Crippen molar-refractivity contribution in [2.45, 2.75) is 19.4 Å². The van der Waals surface area contributed by atoms with Gasteiger partial charge in [-0.25, -0.2) is 8.78 Å². The highest BCUT2D eigenvalue weighted by molar-refractivity contribution is 9.10. The van der Waals surface area contributed by atoms with Crippen LogP contribution < -0.4 is 5.32 Å². The van der Waals surface area contributed by atoms with Crippen LogP contribution in [0.1, 0.15) is 30.5 Å². The van der Waals surface area contributed by atoms with E-state index in [2.05, 4.69) is 21.2 Å². The number of rotatable bonds is 5. The van der Waals surface area contributed by atoms with Crippen LogP contribution in [0.3, 0.4) is 0 Å². The Morgan fingerprint density at radius 1 is 1.15 bits per heavy atom. The number of hydrogen-bond acceptors (Lipinski definition) is 1. The maximum Gasteiger partial charge on any atom is 0.128 e. The summed E-state index contributed by atoms with van der Waals surface area (Å²) in [5.41, 5.74) is 1.23. The minimum absolute atomic E-state index is 0.330. The van der Waals surface area contributed by atoms with E-state index in [9.17, 15) is 8.78 Å². The third-order valence-corrected chi connectivity index (χ3v) is 3.54. The van der Waals surface area contributed by atoms with E-state index >= 15 is 0 Å². The van der Waals surface area contributed by atoms with Crippen molar-refractivity contribution in [2.24, 2.45) is 0 Å². The largest absolute Gasteiger partial charge is 0.306 e. The first-order chi connectivity index (χ1) is 9.61. The fourth-order valence-corrected chi connectivity index (χ4v) is 2.53. The molecule has 0 saturated heterocycles. The minimum Gasteiger partial charge on any atom is -0.306 e. The standard InChI is InChI=1S/C16H16BrF2N/c1-2-8-20-16(11-4-3-5-12(17)9-11)14-10-13(18)6-7-15(14)19/h3-7,9-10,16,20H,2,8H2,1H3. The van der Waals surface area contributed by atoms with Crippen molar-refractivity contribution in [2.75, 3.05) is 6.54 Å². The molecule has 1 unspecified atom stereocenters. The van der Waals surface area contributed by atoms with Gasteiger partial charge in [0.25, 0.3) is 0 Å². The van der Waals surface area contributed by atoms with Gasteiger partial charge < -0.3 is 5.32 Å². The van der Waals surface area contributed by atoms with Crippen LogP contribution in [0.15, 0.2) is 46.9 Å². The van der Waals surface area contributed by atoms with Crippen molar-refractivity contribution in [1.29, 1.82) is 0 Å². The van der Waals surface area contributed by atoms with E-state index in [-0.39, 0.29) is 6.04 Å². The highest BCUT2D eigenvalue weighted by Crippen LogP contribution is 2.27. The van der Waals surface area contributed by atoms with Crippen LogP contribution in [0.5, 0.6) is 0 Å². The molecule has 2 rings (SSSR count). The van der Waals surface area contributed by atoms with E-state index in [0.717, 1.165) is 29.1 Å². The predicted molar refractivity (Wildman–Crippen MR) is 80.6 cm³/mol. The lowest BCUT2D eigenvalue weighted by atomic mass is 9.98. The normalized spacial score (nSPS) is 12.4. The molecule has 0 saturated carbocycles. The zero-order valence-corrected chi connectivity index (χ0v) is 12.8. The second-order valence-electron chi connectivity index (χ2n) is 4.61. The second-order valence-corrected chi connectivity index (χ2v) is 5.52. The molecular formula is C16H16BrF2N. The van der Waals surface area contributed by atoms with Crippen LogP contribution in [0.25, 0.3) is 0 Å². The van der Waals surface area contributed by atoms with Crippen LogP contribution in [-0.2, 0) is 0 Å². The number of hydrogen-bond donors (Lipinski definition) is 1. The topological polar surface area (TPSA) is 12.0 Å². The number of nitrogens with one attached hydrogen (secondary N) is 1. The Bertz CT molecular complexity index is 586. The SMILES string of the molecule is CCCNC(c1cccc(Br)c1)c1cc(F)ccc1F. The Kier molecular flexibility index (Phi) is 5.26. The summed E-state index contributed by atoms with van der Waals surface area (Å²) in [5, 5.41) is 3.27. The molecule has 0 aliphatic rings. The fourth-order valence-electron chi connectivity index (χ4n) is 2.12. The first-order valence-corrected chi connectivity index (χ1v) is 7.35. The van der Waals surface area contributed by atoms with Gasteiger partial charge in [0, 0.05) is 10.0 Å².